The molecular formula is C21H42ClNO. The van der Waals surface area contributed by atoms with Crippen molar-refractivity contribution in [3.63, 3.8) is 0 Å². The molecule has 1 fully saturated rings. The van der Waals surface area contributed by atoms with Crippen LogP contribution in [-0.2, 0) is 4.79 Å². The summed E-state index contributed by atoms with van der Waals surface area (Å²) in [6.07, 6.45) is 19.9. The molecule has 1 aliphatic heterocycles. The highest BCUT2D eigenvalue weighted by atomic mass is 35.5. The second-order valence-electron chi connectivity index (χ2n) is 8.28. The van der Waals surface area contributed by atoms with Crippen molar-refractivity contribution in [2.75, 3.05) is 6.54 Å². The SMILES string of the molecule is CCCCCCCCCCCCCCC(C)(C)[NH+]1CCCC1=O.[Cl-]. The van der Waals surface area contributed by atoms with Gasteiger partial charge in [-0.1, -0.05) is 77.6 Å². The Bertz CT molecular complexity index is 317. The molecule has 24 heavy (non-hydrogen) atoms. The van der Waals surface area contributed by atoms with Crippen molar-refractivity contribution >= 4 is 5.91 Å². The lowest BCUT2D eigenvalue weighted by Crippen LogP contribution is -3.19. The Morgan fingerprint density at radius 1 is 0.833 bits per heavy atom. The number of rotatable bonds is 14. The molecule has 0 radical (unpaired) electrons. The quantitative estimate of drug-likeness (QED) is 0.471. The molecule has 0 aromatic heterocycles. The minimum Gasteiger partial charge on any atom is -1.00 e. The van der Waals surface area contributed by atoms with Gasteiger partial charge in [0.05, 0.1) is 18.5 Å². The van der Waals surface area contributed by atoms with Crippen molar-refractivity contribution in [3.05, 3.63) is 0 Å². The minimum absolute atomic E-state index is 0. The molecule has 1 unspecified atom stereocenters. The Morgan fingerprint density at radius 3 is 1.71 bits per heavy atom. The molecule has 0 aromatic rings. The lowest BCUT2D eigenvalue weighted by Gasteiger charge is -2.30. The number of carbonyl (C=O) groups is 1. The average molecular weight is 360 g/mol. The largest absolute Gasteiger partial charge is 1.00 e. The Hall–Kier alpha value is -0.0800. The summed E-state index contributed by atoms with van der Waals surface area (Å²) in [5, 5.41) is 0. The van der Waals surface area contributed by atoms with Crippen LogP contribution >= 0.6 is 0 Å². The van der Waals surface area contributed by atoms with E-state index in [0.29, 0.717) is 5.91 Å². The molecule has 0 aromatic carbocycles. The second-order valence-corrected chi connectivity index (χ2v) is 8.28. The standard InChI is InChI=1S/C21H41NO.ClH/c1-4-5-6-7-8-9-10-11-12-13-14-15-18-21(2,3)22-19-16-17-20(22)23;/h4-19H2,1-3H3;1H. The van der Waals surface area contributed by atoms with Crippen molar-refractivity contribution in [2.45, 2.75) is 123 Å². The molecule has 1 amide bonds. The zero-order chi connectivity index (χ0) is 17.0. The number of hydrogen-bond donors (Lipinski definition) is 1. The van der Waals surface area contributed by atoms with Crippen LogP contribution < -0.4 is 17.3 Å². The van der Waals surface area contributed by atoms with E-state index in [4.69, 9.17) is 0 Å². The second kappa shape index (κ2) is 14.1. The van der Waals surface area contributed by atoms with Gasteiger partial charge in [0.25, 0.3) is 0 Å². The van der Waals surface area contributed by atoms with Crippen LogP contribution in [0.5, 0.6) is 0 Å². The Labute approximate surface area is 157 Å². The van der Waals surface area contributed by atoms with E-state index >= 15 is 0 Å². The monoisotopic (exact) mass is 359 g/mol. The van der Waals surface area contributed by atoms with Gasteiger partial charge in [0.15, 0.2) is 0 Å². The fourth-order valence-electron chi connectivity index (χ4n) is 3.99. The summed E-state index contributed by atoms with van der Waals surface area (Å²) < 4.78 is 0. The van der Waals surface area contributed by atoms with Crippen LogP contribution in [0.1, 0.15) is 117 Å². The number of unbranched alkanes of at least 4 members (excludes halogenated alkanes) is 11. The fraction of sp³-hybridized carbons (Fsp3) is 0.952. The molecule has 1 saturated heterocycles. The predicted molar refractivity (Wildman–Crippen MR) is 99.8 cm³/mol. The summed E-state index contributed by atoms with van der Waals surface area (Å²) in [7, 11) is 0. The van der Waals surface area contributed by atoms with Crippen molar-refractivity contribution in [1.29, 1.82) is 0 Å². The topological polar surface area (TPSA) is 21.5 Å². The van der Waals surface area contributed by atoms with Crippen LogP contribution in [0.25, 0.3) is 0 Å². The third kappa shape index (κ3) is 10.0. The van der Waals surface area contributed by atoms with Gasteiger partial charge >= 0.3 is 5.91 Å². The fourth-order valence-corrected chi connectivity index (χ4v) is 3.99. The van der Waals surface area contributed by atoms with E-state index < -0.39 is 0 Å². The van der Waals surface area contributed by atoms with E-state index in [1.165, 1.54) is 88.4 Å². The first-order valence-electron chi connectivity index (χ1n) is 10.5. The molecule has 1 heterocycles. The van der Waals surface area contributed by atoms with Gasteiger partial charge in [-0.25, -0.2) is 4.79 Å². The molecule has 144 valence electrons. The van der Waals surface area contributed by atoms with E-state index in [9.17, 15) is 4.79 Å². The third-order valence-corrected chi connectivity index (χ3v) is 5.64. The summed E-state index contributed by atoms with van der Waals surface area (Å²) in [6.45, 7) is 7.91. The summed E-state index contributed by atoms with van der Waals surface area (Å²) >= 11 is 0. The third-order valence-electron chi connectivity index (χ3n) is 5.64. The molecule has 0 spiro atoms. The average Bonchev–Trinajstić information content (AvgIpc) is 2.95. The van der Waals surface area contributed by atoms with Crippen molar-refractivity contribution in [3.8, 4) is 0 Å². The molecule has 1 atom stereocenters. The first kappa shape index (κ1) is 23.9. The number of quaternary nitrogens is 1. The highest BCUT2D eigenvalue weighted by Gasteiger charge is 2.38. The smallest absolute Gasteiger partial charge is 0.312 e. The zero-order valence-electron chi connectivity index (χ0n) is 16.6. The Balaban J connectivity index is 0.00000529. The first-order valence-corrected chi connectivity index (χ1v) is 10.5. The van der Waals surface area contributed by atoms with Gasteiger partial charge in [0.1, 0.15) is 0 Å². The van der Waals surface area contributed by atoms with Gasteiger partial charge in [0.2, 0.25) is 0 Å². The van der Waals surface area contributed by atoms with E-state index in [2.05, 4.69) is 20.8 Å². The molecule has 2 nitrogen and oxygen atoms in total. The summed E-state index contributed by atoms with van der Waals surface area (Å²) in [5.41, 5.74) is 0.159. The van der Waals surface area contributed by atoms with Crippen LogP contribution in [0.2, 0.25) is 0 Å². The van der Waals surface area contributed by atoms with Gasteiger partial charge in [-0.05, 0) is 20.3 Å². The number of likely N-dealkylation sites (tertiary alicyclic amines) is 1. The molecule has 3 heteroatoms. The van der Waals surface area contributed by atoms with Gasteiger partial charge in [-0.15, -0.1) is 0 Å². The number of nitrogens with one attached hydrogen (secondary N) is 1. The van der Waals surface area contributed by atoms with E-state index in [-0.39, 0.29) is 17.9 Å². The summed E-state index contributed by atoms with van der Waals surface area (Å²) in [4.78, 5) is 13.1. The predicted octanol–water partition coefficient (Wildman–Crippen LogP) is 2.07. The van der Waals surface area contributed by atoms with Crippen molar-refractivity contribution in [2.24, 2.45) is 0 Å². The highest BCUT2D eigenvalue weighted by molar-refractivity contribution is 5.68. The Morgan fingerprint density at radius 2 is 1.29 bits per heavy atom. The van der Waals surface area contributed by atoms with Crippen LogP contribution in [0.15, 0.2) is 0 Å². The first-order chi connectivity index (χ1) is 11.1. The zero-order valence-corrected chi connectivity index (χ0v) is 17.4. The minimum atomic E-state index is 0. The number of halogens is 1. The van der Waals surface area contributed by atoms with Gasteiger partial charge < -0.3 is 12.4 Å². The molecule has 1 N–H and O–H groups in total. The molecule has 0 bridgehead atoms. The van der Waals surface area contributed by atoms with Crippen molar-refractivity contribution in [1.82, 2.24) is 0 Å². The van der Waals surface area contributed by atoms with E-state index in [1.807, 2.05) is 0 Å². The normalized spacial score (nSPS) is 18.0. The van der Waals surface area contributed by atoms with Gasteiger partial charge in [-0.2, -0.15) is 0 Å². The van der Waals surface area contributed by atoms with Crippen LogP contribution in [0.4, 0.5) is 0 Å². The van der Waals surface area contributed by atoms with Crippen LogP contribution in [-0.4, -0.2) is 18.0 Å². The van der Waals surface area contributed by atoms with Crippen LogP contribution in [0, 0.1) is 0 Å². The van der Waals surface area contributed by atoms with Crippen molar-refractivity contribution < 1.29 is 22.1 Å². The van der Waals surface area contributed by atoms with Crippen LogP contribution in [0.3, 0.4) is 0 Å². The summed E-state index contributed by atoms with van der Waals surface area (Å²) in [6, 6.07) is 0. The molecule has 1 rings (SSSR count). The lowest BCUT2D eigenvalue weighted by molar-refractivity contribution is -0.866. The molecule has 1 aliphatic rings. The van der Waals surface area contributed by atoms with Gasteiger partial charge in [0, 0.05) is 12.8 Å². The number of hydrogen-bond acceptors (Lipinski definition) is 1. The number of carbonyl (C=O) groups excluding carboxylic acids is 1. The van der Waals surface area contributed by atoms with E-state index in [1.54, 1.807) is 0 Å². The molecule has 0 aliphatic carbocycles. The molecular weight excluding hydrogens is 318 g/mol. The maximum Gasteiger partial charge on any atom is 0.312 e. The molecule has 0 saturated carbocycles. The highest BCUT2D eigenvalue weighted by Crippen LogP contribution is 2.16. The van der Waals surface area contributed by atoms with Gasteiger partial charge in [-0.3, -0.25) is 4.90 Å². The summed E-state index contributed by atoms with van der Waals surface area (Å²) in [5.74, 6) is 0.453. The van der Waals surface area contributed by atoms with E-state index in [0.717, 1.165) is 19.4 Å². The maximum atomic E-state index is 11.9. The Kier molecular flexibility index (Phi) is 14.1. The maximum absolute atomic E-state index is 11.9. The lowest BCUT2D eigenvalue weighted by atomic mass is 9.94. The number of amides is 1.